The summed E-state index contributed by atoms with van der Waals surface area (Å²) in [7, 11) is 0. The van der Waals surface area contributed by atoms with Gasteiger partial charge in [-0.05, 0) is 25.1 Å². The molecule has 2 rings (SSSR count). The van der Waals surface area contributed by atoms with Gasteiger partial charge >= 0.3 is 0 Å². The van der Waals surface area contributed by atoms with E-state index in [4.69, 9.17) is 11.6 Å². The number of pyridine rings is 1. The van der Waals surface area contributed by atoms with Gasteiger partial charge in [0.1, 0.15) is 0 Å². The van der Waals surface area contributed by atoms with Crippen LogP contribution in [0.5, 0.6) is 0 Å². The number of hydrogen-bond donors (Lipinski definition) is 1. The number of piperidine rings is 1. The Balaban J connectivity index is 2.15. The summed E-state index contributed by atoms with van der Waals surface area (Å²) in [5.41, 5.74) is 1.13. The zero-order chi connectivity index (χ0) is 9.10. The lowest BCUT2D eigenvalue weighted by Crippen LogP contribution is -2.36. The summed E-state index contributed by atoms with van der Waals surface area (Å²) in [6.45, 7) is 1.94. The molecule has 0 radical (unpaired) electrons. The molecule has 2 unspecified atom stereocenters. The van der Waals surface area contributed by atoms with Gasteiger partial charge < -0.3 is 5.32 Å². The normalized spacial score (nSPS) is 28.7. The van der Waals surface area contributed by atoms with Gasteiger partial charge in [0.15, 0.2) is 0 Å². The van der Waals surface area contributed by atoms with Gasteiger partial charge in [0.25, 0.3) is 0 Å². The van der Waals surface area contributed by atoms with Gasteiger partial charge in [0.05, 0.1) is 5.38 Å². The van der Waals surface area contributed by atoms with E-state index in [1.807, 2.05) is 18.3 Å². The molecule has 1 aliphatic rings. The third-order valence-corrected chi connectivity index (χ3v) is 2.93. The van der Waals surface area contributed by atoms with Crippen molar-refractivity contribution in [1.29, 1.82) is 0 Å². The van der Waals surface area contributed by atoms with Crippen LogP contribution in [0.25, 0.3) is 0 Å². The molecule has 0 aromatic carbocycles. The highest BCUT2D eigenvalue weighted by Gasteiger charge is 2.24. The molecule has 1 N–H and O–H groups in total. The molecule has 0 aliphatic carbocycles. The number of alkyl halides is 1. The maximum Gasteiger partial charge on any atom is 0.0544 e. The predicted octanol–water partition coefficient (Wildman–Crippen LogP) is 1.77. The molecule has 70 valence electrons. The molecule has 2 heterocycles. The Bertz CT molecular complexity index is 263. The van der Waals surface area contributed by atoms with Gasteiger partial charge in [-0.25, -0.2) is 0 Å². The lowest BCUT2D eigenvalue weighted by atomic mass is 9.94. The third-order valence-electron chi connectivity index (χ3n) is 2.48. The highest BCUT2D eigenvalue weighted by molar-refractivity contribution is 6.21. The Morgan fingerprint density at radius 3 is 3.08 bits per heavy atom. The van der Waals surface area contributed by atoms with E-state index in [-0.39, 0.29) is 5.38 Å². The van der Waals surface area contributed by atoms with Gasteiger partial charge in [0.2, 0.25) is 0 Å². The van der Waals surface area contributed by atoms with Crippen molar-refractivity contribution in [3.05, 3.63) is 30.1 Å². The molecule has 1 saturated heterocycles. The fourth-order valence-corrected chi connectivity index (χ4v) is 2.11. The second kappa shape index (κ2) is 4.07. The Kier molecular flexibility index (Phi) is 2.81. The number of halogens is 1. The van der Waals surface area contributed by atoms with E-state index in [9.17, 15) is 0 Å². The van der Waals surface area contributed by atoms with Crippen molar-refractivity contribution < 1.29 is 0 Å². The summed E-state index contributed by atoms with van der Waals surface area (Å²) in [5, 5.41) is 3.46. The third kappa shape index (κ3) is 2.01. The largest absolute Gasteiger partial charge is 0.315 e. The minimum Gasteiger partial charge on any atom is -0.315 e. The van der Waals surface area contributed by atoms with Crippen molar-refractivity contribution in [2.45, 2.75) is 17.7 Å². The Hall–Kier alpha value is -0.600. The molecule has 0 spiro atoms. The van der Waals surface area contributed by atoms with E-state index in [2.05, 4.69) is 16.4 Å². The fraction of sp³-hybridized carbons (Fsp3) is 0.500. The second-order valence-electron chi connectivity index (χ2n) is 3.37. The number of rotatable bonds is 1. The van der Waals surface area contributed by atoms with Crippen molar-refractivity contribution in [1.82, 2.24) is 10.3 Å². The molecular formula is C10H13ClN2. The minimum absolute atomic E-state index is 0.184. The first kappa shape index (κ1) is 8.97. The summed E-state index contributed by atoms with van der Waals surface area (Å²) in [6.07, 6.45) is 2.92. The highest BCUT2D eigenvalue weighted by Crippen LogP contribution is 2.27. The summed E-state index contributed by atoms with van der Waals surface area (Å²) < 4.78 is 0. The van der Waals surface area contributed by atoms with Gasteiger partial charge in [0, 0.05) is 24.4 Å². The molecule has 13 heavy (non-hydrogen) atoms. The van der Waals surface area contributed by atoms with Gasteiger partial charge in [-0.15, -0.1) is 11.6 Å². The monoisotopic (exact) mass is 196 g/mol. The first-order chi connectivity index (χ1) is 6.38. The molecule has 1 aromatic rings. The van der Waals surface area contributed by atoms with Crippen LogP contribution in [-0.4, -0.2) is 23.5 Å². The van der Waals surface area contributed by atoms with E-state index in [0.717, 1.165) is 25.2 Å². The molecule has 2 nitrogen and oxygen atoms in total. The fourth-order valence-electron chi connectivity index (χ4n) is 1.75. The first-order valence-corrected chi connectivity index (χ1v) is 5.07. The van der Waals surface area contributed by atoms with Crippen LogP contribution in [-0.2, 0) is 0 Å². The van der Waals surface area contributed by atoms with E-state index >= 15 is 0 Å². The average Bonchev–Trinajstić information content (AvgIpc) is 2.20. The summed E-state index contributed by atoms with van der Waals surface area (Å²) in [4.78, 5) is 4.34. The molecule has 0 bridgehead atoms. The zero-order valence-electron chi connectivity index (χ0n) is 7.41. The van der Waals surface area contributed by atoms with E-state index < -0.39 is 0 Å². The van der Waals surface area contributed by atoms with Crippen molar-refractivity contribution >= 4 is 11.6 Å². The van der Waals surface area contributed by atoms with Gasteiger partial charge in [-0.2, -0.15) is 0 Å². The molecule has 1 fully saturated rings. The van der Waals surface area contributed by atoms with E-state index in [0.29, 0.717) is 5.92 Å². The maximum atomic E-state index is 6.21. The number of nitrogens with zero attached hydrogens (tertiary/aromatic N) is 1. The number of hydrogen-bond acceptors (Lipinski definition) is 2. The minimum atomic E-state index is 0.184. The molecular weight excluding hydrogens is 184 g/mol. The standard InChI is InChI=1S/C10H13ClN2/c11-9-7-12-6-4-8(9)10-3-1-2-5-13-10/h1-3,5,8-9,12H,4,6-7H2. The zero-order valence-corrected chi connectivity index (χ0v) is 8.17. The predicted molar refractivity (Wildman–Crippen MR) is 54.1 cm³/mol. The maximum absolute atomic E-state index is 6.21. The smallest absolute Gasteiger partial charge is 0.0544 e. The lowest BCUT2D eigenvalue weighted by Gasteiger charge is -2.27. The van der Waals surface area contributed by atoms with Crippen LogP contribution in [0.15, 0.2) is 24.4 Å². The lowest BCUT2D eigenvalue weighted by molar-refractivity contribution is 0.460. The second-order valence-corrected chi connectivity index (χ2v) is 3.93. The van der Waals surface area contributed by atoms with Crippen LogP contribution in [0.2, 0.25) is 0 Å². The molecule has 2 atom stereocenters. The Morgan fingerprint density at radius 2 is 2.38 bits per heavy atom. The van der Waals surface area contributed by atoms with Crippen LogP contribution >= 0.6 is 11.6 Å². The highest BCUT2D eigenvalue weighted by atomic mass is 35.5. The van der Waals surface area contributed by atoms with Gasteiger partial charge in [-0.3, -0.25) is 4.98 Å². The molecule has 1 aliphatic heterocycles. The van der Waals surface area contributed by atoms with Crippen molar-refractivity contribution in [3.63, 3.8) is 0 Å². The summed E-state index contributed by atoms with van der Waals surface area (Å²) in [6, 6.07) is 6.02. The van der Waals surface area contributed by atoms with Crippen molar-refractivity contribution in [3.8, 4) is 0 Å². The van der Waals surface area contributed by atoms with Crippen LogP contribution in [0.3, 0.4) is 0 Å². The summed E-state index contributed by atoms with van der Waals surface area (Å²) >= 11 is 6.21. The SMILES string of the molecule is ClC1CNCCC1c1ccccn1. The quantitative estimate of drug-likeness (QED) is 0.693. The van der Waals surface area contributed by atoms with Crippen LogP contribution in [0, 0.1) is 0 Å². The van der Waals surface area contributed by atoms with Crippen LogP contribution < -0.4 is 5.32 Å². The van der Waals surface area contributed by atoms with Gasteiger partial charge in [-0.1, -0.05) is 6.07 Å². The number of nitrogens with one attached hydrogen (secondary N) is 1. The molecule has 3 heteroatoms. The van der Waals surface area contributed by atoms with Crippen molar-refractivity contribution in [2.24, 2.45) is 0 Å². The molecule has 0 amide bonds. The number of aromatic nitrogens is 1. The van der Waals surface area contributed by atoms with Crippen LogP contribution in [0.1, 0.15) is 18.0 Å². The molecule has 0 saturated carbocycles. The molecule has 1 aromatic heterocycles. The van der Waals surface area contributed by atoms with E-state index in [1.54, 1.807) is 0 Å². The topological polar surface area (TPSA) is 24.9 Å². The Labute approximate surface area is 83.3 Å². The first-order valence-electron chi connectivity index (χ1n) is 4.63. The van der Waals surface area contributed by atoms with Crippen LogP contribution in [0.4, 0.5) is 0 Å². The summed E-state index contributed by atoms with van der Waals surface area (Å²) in [5.74, 6) is 0.420. The van der Waals surface area contributed by atoms with E-state index in [1.165, 1.54) is 0 Å². The van der Waals surface area contributed by atoms with Crippen molar-refractivity contribution in [2.75, 3.05) is 13.1 Å². The average molecular weight is 197 g/mol. The Morgan fingerprint density at radius 1 is 1.46 bits per heavy atom.